The lowest BCUT2D eigenvalue weighted by Crippen LogP contribution is -2.16. The van der Waals surface area contributed by atoms with Crippen LogP contribution >= 0.6 is 36.2 Å². The topological polar surface area (TPSA) is 18.5 Å². The van der Waals surface area contributed by atoms with Crippen LogP contribution in [0.3, 0.4) is 0 Å². The van der Waals surface area contributed by atoms with E-state index in [0.29, 0.717) is 10.1 Å². The second-order valence-electron chi connectivity index (χ2n) is 17.6. The highest BCUT2D eigenvalue weighted by atomic mass is 32.2. The number of aryl methyl sites for hydroxylation is 2. The van der Waals surface area contributed by atoms with E-state index < -0.39 is 0 Å². The van der Waals surface area contributed by atoms with Crippen molar-refractivity contribution in [3.8, 4) is 11.5 Å². The summed E-state index contributed by atoms with van der Waals surface area (Å²) in [6, 6.07) is 9.08. The average molecular weight is 783 g/mol. The van der Waals surface area contributed by atoms with Crippen molar-refractivity contribution in [1.82, 2.24) is 0 Å². The first-order valence-electron chi connectivity index (χ1n) is 21.6. The molecule has 0 saturated heterocycles. The van der Waals surface area contributed by atoms with Crippen molar-refractivity contribution < 1.29 is 9.47 Å². The van der Waals surface area contributed by atoms with Gasteiger partial charge in [-0.15, -0.1) is 0 Å². The van der Waals surface area contributed by atoms with E-state index in [4.69, 9.17) is 33.9 Å². The Hall–Kier alpha value is -1.43. The van der Waals surface area contributed by atoms with Gasteiger partial charge in [-0.1, -0.05) is 183 Å². The molecule has 0 atom stereocenters. The summed E-state index contributed by atoms with van der Waals surface area (Å²) in [7, 11) is 0. The fourth-order valence-corrected chi connectivity index (χ4v) is 8.36. The summed E-state index contributed by atoms with van der Waals surface area (Å²) in [5.74, 6) is 1.81. The largest absolute Gasteiger partial charge is 0.450 e. The van der Waals surface area contributed by atoms with E-state index in [2.05, 4.69) is 93.5 Å². The summed E-state index contributed by atoms with van der Waals surface area (Å²) in [4.78, 5) is 2.49. The Balaban J connectivity index is 2.03. The van der Waals surface area contributed by atoms with E-state index >= 15 is 0 Å². The number of hydrogen-bond donors (Lipinski definition) is 0. The molecule has 0 N–H and O–H groups in total. The average Bonchev–Trinajstić information content (AvgIpc) is 3.07. The molecule has 0 spiro atoms. The highest BCUT2D eigenvalue weighted by Crippen LogP contribution is 2.43. The molecule has 2 aromatic rings. The van der Waals surface area contributed by atoms with E-state index in [-0.39, 0.29) is 10.8 Å². The zero-order chi connectivity index (χ0) is 39.3. The number of unbranched alkanes of at least 4 members (excludes halogenated alkanes) is 18. The van der Waals surface area contributed by atoms with Crippen LogP contribution in [0.15, 0.2) is 34.1 Å². The summed E-state index contributed by atoms with van der Waals surface area (Å²) in [6.45, 7) is 22.5. The summed E-state index contributed by atoms with van der Waals surface area (Å²) < 4.78 is 12.9. The summed E-state index contributed by atoms with van der Waals surface area (Å²) in [5.41, 5.74) is 4.63. The predicted molar refractivity (Wildman–Crippen MR) is 243 cm³/mol. The van der Waals surface area contributed by atoms with Gasteiger partial charge in [0.2, 0.25) is 0 Å². The number of ether oxygens (including phenoxy) is 2. The zero-order valence-electron chi connectivity index (χ0n) is 35.9. The minimum absolute atomic E-state index is 0.0850. The molecule has 0 fully saturated rings. The normalized spacial score (nSPS) is 12.0. The molecule has 5 heteroatoms. The number of thiocarbonyl (C=S) groups is 2. The lowest BCUT2D eigenvalue weighted by molar-refractivity contribution is 0.493. The third-order valence-corrected chi connectivity index (χ3v) is 12.2. The van der Waals surface area contributed by atoms with E-state index in [0.717, 1.165) is 37.2 Å². The van der Waals surface area contributed by atoms with Gasteiger partial charge >= 0.3 is 0 Å². The van der Waals surface area contributed by atoms with E-state index in [1.165, 1.54) is 148 Å². The van der Waals surface area contributed by atoms with Gasteiger partial charge < -0.3 is 9.47 Å². The fraction of sp³-hybridized carbons (Fsp3) is 0.708. The Bertz CT molecular complexity index is 1260. The zero-order valence-corrected chi connectivity index (χ0v) is 38.4. The van der Waals surface area contributed by atoms with Gasteiger partial charge in [0.15, 0.2) is 10.1 Å². The Morgan fingerprint density at radius 3 is 1.04 bits per heavy atom. The van der Waals surface area contributed by atoms with Crippen LogP contribution in [0.5, 0.6) is 11.5 Å². The molecular formula is C48H78O2S3. The van der Waals surface area contributed by atoms with Crippen molar-refractivity contribution in [3.05, 3.63) is 46.5 Å². The van der Waals surface area contributed by atoms with Crippen molar-refractivity contribution in [3.63, 3.8) is 0 Å². The molecule has 2 nitrogen and oxygen atoms in total. The molecule has 0 aliphatic rings. The summed E-state index contributed by atoms with van der Waals surface area (Å²) in [6.07, 6.45) is 28.1. The molecule has 0 unspecified atom stereocenters. The van der Waals surface area contributed by atoms with Gasteiger partial charge in [-0.05, 0) is 97.3 Å². The maximum absolute atomic E-state index is 6.44. The van der Waals surface area contributed by atoms with E-state index in [1.807, 2.05) is 11.8 Å². The van der Waals surface area contributed by atoms with E-state index in [9.17, 15) is 0 Å². The van der Waals surface area contributed by atoms with Crippen LogP contribution in [-0.2, 0) is 10.8 Å². The van der Waals surface area contributed by atoms with Gasteiger partial charge in [0, 0.05) is 33.8 Å². The van der Waals surface area contributed by atoms with Crippen LogP contribution in [0.25, 0.3) is 0 Å². The van der Waals surface area contributed by atoms with Crippen LogP contribution < -0.4 is 9.47 Å². The Labute approximate surface area is 343 Å². The van der Waals surface area contributed by atoms with Gasteiger partial charge in [-0.25, -0.2) is 0 Å². The standard InChI is InChI=1S/C48H78O2S3/c1-11-13-15-17-19-21-23-25-27-29-31-45(51)49-41-33-37(3)43(35-39(41)47(5,6)7)53-44-36-40(48(8,9)10)42(34-38(44)4)50-46(52)32-30-28-26-24-22-20-18-16-14-12-2/h33-36H,11-32H2,1-10H3. The molecule has 0 bridgehead atoms. The van der Waals surface area contributed by atoms with Crippen molar-refractivity contribution in [2.45, 2.75) is 231 Å². The van der Waals surface area contributed by atoms with Crippen LogP contribution in [0.2, 0.25) is 0 Å². The van der Waals surface area contributed by atoms with Crippen LogP contribution in [-0.4, -0.2) is 10.1 Å². The maximum Gasteiger partial charge on any atom is 0.167 e. The van der Waals surface area contributed by atoms with E-state index in [1.54, 1.807) is 0 Å². The molecule has 0 heterocycles. The second-order valence-corrected chi connectivity index (χ2v) is 19.6. The Morgan fingerprint density at radius 1 is 0.472 bits per heavy atom. The first kappa shape index (κ1) is 47.7. The van der Waals surface area contributed by atoms with Crippen LogP contribution in [0.4, 0.5) is 0 Å². The van der Waals surface area contributed by atoms with Crippen LogP contribution in [0, 0.1) is 13.8 Å². The molecule has 2 aromatic carbocycles. The second kappa shape index (κ2) is 25.7. The van der Waals surface area contributed by atoms with Crippen molar-refractivity contribution in [2.75, 3.05) is 0 Å². The molecule has 0 aromatic heterocycles. The maximum atomic E-state index is 6.44. The minimum atomic E-state index is -0.0850. The van der Waals surface area contributed by atoms with Crippen molar-refractivity contribution in [2.24, 2.45) is 0 Å². The first-order chi connectivity index (χ1) is 25.2. The molecule has 2 rings (SSSR count). The number of rotatable bonds is 26. The smallest absolute Gasteiger partial charge is 0.167 e. The van der Waals surface area contributed by atoms with Crippen molar-refractivity contribution >= 4 is 46.3 Å². The SMILES string of the molecule is CCCCCCCCCCCCC(=S)Oc1cc(C)c(Sc2cc(C(C)(C)C)c(OC(=S)CCCCCCCCCCCC)cc2C)cc1C(C)(C)C. The monoisotopic (exact) mass is 783 g/mol. The summed E-state index contributed by atoms with van der Waals surface area (Å²) in [5, 5.41) is 1.42. The van der Waals surface area contributed by atoms with Gasteiger partial charge in [-0.2, -0.15) is 0 Å². The molecule has 0 amide bonds. The van der Waals surface area contributed by atoms with Gasteiger partial charge in [0.1, 0.15) is 11.5 Å². The first-order valence-corrected chi connectivity index (χ1v) is 23.2. The minimum Gasteiger partial charge on any atom is -0.450 e. The van der Waals surface area contributed by atoms with Gasteiger partial charge in [-0.3, -0.25) is 0 Å². The molecule has 53 heavy (non-hydrogen) atoms. The molecule has 0 aliphatic heterocycles. The van der Waals surface area contributed by atoms with Gasteiger partial charge in [0.25, 0.3) is 0 Å². The third-order valence-electron chi connectivity index (χ3n) is 10.3. The van der Waals surface area contributed by atoms with Crippen molar-refractivity contribution in [1.29, 1.82) is 0 Å². The van der Waals surface area contributed by atoms with Gasteiger partial charge in [0.05, 0.1) is 0 Å². The molecule has 0 radical (unpaired) electrons. The molecule has 0 saturated carbocycles. The lowest BCUT2D eigenvalue weighted by Gasteiger charge is -2.26. The number of hydrogen-bond acceptors (Lipinski definition) is 5. The third kappa shape index (κ3) is 19.3. The highest BCUT2D eigenvalue weighted by molar-refractivity contribution is 7.99. The molecule has 0 aliphatic carbocycles. The summed E-state index contributed by atoms with van der Waals surface area (Å²) >= 11 is 13.4. The highest BCUT2D eigenvalue weighted by Gasteiger charge is 2.25. The Morgan fingerprint density at radius 2 is 0.755 bits per heavy atom. The molecule has 300 valence electrons. The quantitative estimate of drug-likeness (QED) is 0.0697. The Kier molecular flexibility index (Phi) is 23.1. The van der Waals surface area contributed by atoms with Crippen LogP contribution in [0.1, 0.15) is 219 Å². The lowest BCUT2D eigenvalue weighted by atomic mass is 9.85. The predicted octanol–water partition coefficient (Wildman–Crippen LogP) is 17.1. The number of benzene rings is 2. The molecular weight excluding hydrogens is 705 g/mol. The fourth-order valence-electron chi connectivity index (χ4n) is 6.86.